The summed E-state index contributed by atoms with van der Waals surface area (Å²) in [5, 5.41) is 18.2. The molecule has 1 aromatic carbocycles. The van der Waals surface area contributed by atoms with Crippen LogP contribution in [0.4, 0.5) is 0 Å². The highest BCUT2D eigenvalue weighted by atomic mass is 14.8. The molecule has 0 amide bonds. The highest BCUT2D eigenvalue weighted by Crippen LogP contribution is 2.37. The fourth-order valence-corrected chi connectivity index (χ4v) is 3.77. The molecule has 2 aromatic rings. The molecule has 3 N–H and O–H groups in total. The average molecular weight is 315 g/mol. The molecule has 5 nitrogen and oxygen atoms in total. The van der Waals surface area contributed by atoms with E-state index in [-0.39, 0.29) is 5.92 Å². The number of fused-ring (bicyclic) bond motifs is 5. The third-order valence-corrected chi connectivity index (χ3v) is 4.96. The SMILES string of the molecule is N#CC1CCc2c(c(/C(C=N)=C/N)nc3ccc4c(c23)C=NC4)C1. The van der Waals surface area contributed by atoms with Crippen LogP contribution in [0.2, 0.25) is 0 Å². The number of hydrogen-bond acceptors (Lipinski definition) is 5. The Morgan fingerprint density at radius 1 is 1.38 bits per heavy atom. The lowest BCUT2D eigenvalue weighted by atomic mass is 9.80. The van der Waals surface area contributed by atoms with Gasteiger partial charge in [-0.25, -0.2) is 4.98 Å². The summed E-state index contributed by atoms with van der Waals surface area (Å²) in [4.78, 5) is 9.20. The first-order chi connectivity index (χ1) is 11.8. The van der Waals surface area contributed by atoms with Gasteiger partial charge in [0.15, 0.2) is 0 Å². The summed E-state index contributed by atoms with van der Waals surface area (Å²) in [6.45, 7) is 0.719. The monoisotopic (exact) mass is 315 g/mol. The van der Waals surface area contributed by atoms with Gasteiger partial charge >= 0.3 is 0 Å². The van der Waals surface area contributed by atoms with Gasteiger partial charge in [0, 0.05) is 35.2 Å². The van der Waals surface area contributed by atoms with Crippen LogP contribution in [0.3, 0.4) is 0 Å². The second kappa shape index (κ2) is 5.57. The first-order valence-corrected chi connectivity index (χ1v) is 8.06. The van der Waals surface area contributed by atoms with Crippen molar-refractivity contribution in [2.24, 2.45) is 16.6 Å². The van der Waals surface area contributed by atoms with Gasteiger partial charge in [0.05, 0.1) is 29.7 Å². The van der Waals surface area contributed by atoms with Crippen LogP contribution < -0.4 is 5.73 Å². The maximum Gasteiger partial charge on any atom is 0.0774 e. The van der Waals surface area contributed by atoms with E-state index in [1.54, 1.807) is 0 Å². The minimum absolute atomic E-state index is 0.00862. The molecule has 1 aliphatic heterocycles. The Kier molecular flexibility index (Phi) is 3.39. The zero-order chi connectivity index (χ0) is 16.7. The first-order valence-electron chi connectivity index (χ1n) is 8.06. The molecule has 1 unspecified atom stereocenters. The minimum Gasteiger partial charge on any atom is -0.404 e. The number of hydrogen-bond donors (Lipinski definition) is 2. The highest BCUT2D eigenvalue weighted by molar-refractivity contribution is 6.10. The number of benzene rings is 1. The van der Waals surface area contributed by atoms with E-state index in [2.05, 4.69) is 17.1 Å². The van der Waals surface area contributed by atoms with Crippen LogP contribution in [-0.2, 0) is 19.4 Å². The summed E-state index contributed by atoms with van der Waals surface area (Å²) in [7, 11) is 0. The third kappa shape index (κ3) is 2.04. The molecule has 1 atom stereocenters. The number of rotatable bonds is 2. The van der Waals surface area contributed by atoms with Crippen molar-refractivity contribution in [1.82, 2.24) is 4.98 Å². The van der Waals surface area contributed by atoms with Crippen LogP contribution in [0.5, 0.6) is 0 Å². The van der Waals surface area contributed by atoms with Crippen molar-refractivity contribution in [3.63, 3.8) is 0 Å². The lowest BCUT2D eigenvalue weighted by Crippen LogP contribution is -2.17. The Labute approximate surface area is 140 Å². The van der Waals surface area contributed by atoms with Crippen LogP contribution in [0, 0.1) is 22.7 Å². The lowest BCUT2D eigenvalue weighted by Gasteiger charge is -2.25. The molecule has 24 heavy (non-hydrogen) atoms. The van der Waals surface area contributed by atoms with Crippen LogP contribution in [0.25, 0.3) is 16.5 Å². The van der Waals surface area contributed by atoms with Gasteiger partial charge in [-0.05, 0) is 42.0 Å². The fraction of sp³-hybridized carbons (Fsp3) is 0.263. The number of nitriles is 1. The molecule has 0 saturated heterocycles. The van der Waals surface area contributed by atoms with E-state index in [9.17, 15) is 5.26 Å². The lowest BCUT2D eigenvalue weighted by molar-refractivity contribution is 0.565. The maximum absolute atomic E-state index is 9.35. The van der Waals surface area contributed by atoms with Crippen LogP contribution >= 0.6 is 0 Å². The van der Waals surface area contributed by atoms with Crippen molar-refractivity contribution < 1.29 is 0 Å². The Morgan fingerprint density at radius 2 is 2.25 bits per heavy atom. The predicted molar refractivity (Wildman–Crippen MR) is 95.1 cm³/mol. The van der Waals surface area contributed by atoms with Gasteiger partial charge in [0.1, 0.15) is 0 Å². The van der Waals surface area contributed by atoms with Gasteiger partial charge in [-0.2, -0.15) is 5.26 Å². The minimum atomic E-state index is -0.00862. The Bertz CT molecular complexity index is 962. The second-order valence-corrected chi connectivity index (χ2v) is 6.25. The largest absolute Gasteiger partial charge is 0.404 e. The van der Waals surface area contributed by atoms with Crippen molar-refractivity contribution in [2.75, 3.05) is 0 Å². The summed E-state index contributed by atoms with van der Waals surface area (Å²) in [6.07, 6.45) is 6.96. The third-order valence-electron chi connectivity index (χ3n) is 4.96. The van der Waals surface area contributed by atoms with Gasteiger partial charge in [0.25, 0.3) is 0 Å². The number of nitrogens with one attached hydrogen (secondary N) is 1. The summed E-state index contributed by atoms with van der Waals surface area (Å²) < 4.78 is 0. The predicted octanol–water partition coefficient (Wildman–Crippen LogP) is 2.74. The molecule has 1 aromatic heterocycles. The van der Waals surface area contributed by atoms with E-state index in [0.717, 1.165) is 47.1 Å². The van der Waals surface area contributed by atoms with Gasteiger partial charge in [-0.3, -0.25) is 4.99 Å². The molecule has 0 spiro atoms. The number of pyridine rings is 1. The summed E-state index contributed by atoms with van der Waals surface area (Å²) in [6, 6.07) is 6.49. The smallest absolute Gasteiger partial charge is 0.0774 e. The van der Waals surface area contributed by atoms with E-state index in [4.69, 9.17) is 16.1 Å². The average Bonchev–Trinajstić information content (AvgIpc) is 3.10. The van der Waals surface area contributed by atoms with Crippen molar-refractivity contribution in [3.05, 3.63) is 46.3 Å². The molecule has 5 heteroatoms. The normalized spacial score (nSPS) is 19.0. The van der Waals surface area contributed by atoms with E-state index in [1.165, 1.54) is 23.5 Å². The zero-order valence-corrected chi connectivity index (χ0v) is 13.2. The van der Waals surface area contributed by atoms with Crippen LogP contribution in [0.1, 0.15) is 34.4 Å². The number of aliphatic imine (C=N–C) groups is 1. The number of aromatic nitrogens is 1. The van der Waals surface area contributed by atoms with Crippen molar-refractivity contribution in [2.45, 2.75) is 25.8 Å². The molecule has 0 radical (unpaired) electrons. The van der Waals surface area contributed by atoms with Gasteiger partial charge in [0.2, 0.25) is 0 Å². The Hall–Kier alpha value is -3.00. The van der Waals surface area contributed by atoms with E-state index >= 15 is 0 Å². The quantitative estimate of drug-likeness (QED) is 0.833. The van der Waals surface area contributed by atoms with E-state index < -0.39 is 0 Å². The standard InChI is InChI=1S/C19H17N5/c20-6-11-1-3-14-15(5-11)19(13(7-21)8-22)24-17-4-2-12-9-23-10-16(12)18(14)17/h2,4,7-8,10-11,21H,1,3,5,9,22H2/b13-8+,21-7?. The fourth-order valence-electron chi connectivity index (χ4n) is 3.77. The van der Waals surface area contributed by atoms with E-state index in [0.29, 0.717) is 12.0 Å². The molecule has 4 rings (SSSR count). The van der Waals surface area contributed by atoms with E-state index in [1.807, 2.05) is 12.3 Å². The molecule has 118 valence electrons. The second-order valence-electron chi connectivity index (χ2n) is 6.25. The van der Waals surface area contributed by atoms with Crippen molar-refractivity contribution in [1.29, 1.82) is 10.7 Å². The summed E-state index contributed by atoms with van der Waals surface area (Å²) >= 11 is 0. The van der Waals surface area contributed by atoms with Crippen molar-refractivity contribution >= 4 is 28.9 Å². The molecule has 1 aliphatic carbocycles. The molecular weight excluding hydrogens is 298 g/mol. The zero-order valence-electron chi connectivity index (χ0n) is 13.2. The summed E-state index contributed by atoms with van der Waals surface area (Å²) in [5.74, 6) is -0.00862. The van der Waals surface area contributed by atoms with Gasteiger partial charge in [-0.1, -0.05) is 6.07 Å². The van der Waals surface area contributed by atoms with Crippen LogP contribution in [0.15, 0.2) is 23.3 Å². The van der Waals surface area contributed by atoms with Crippen molar-refractivity contribution in [3.8, 4) is 6.07 Å². The molecule has 2 heterocycles. The Balaban J connectivity index is 2.08. The Morgan fingerprint density at radius 3 is 3.00 bits per heavy atom. The molecule has 0 bridgehead atoms. The first kappa shape index (κ1) is 14.6. The summed E-state index contributed by atoms with van der Waals surface area (Å²) in [5.41, 5.74) is 12.7. The van der Waals surface area contributed by atoms with Crippen LogP contribution in [-0.4, -0.2) is 17.4 Å². The maximum atomic E-state index is 9.35. The molecular formula is C19H17N5. The number of nitrogens with two attached hydrogens (primary N) is 1. The number of aryl methyl sites for hydroxylation is 1. The molecule has 2 aliphatic rings. The van der Waals surface area contributed by atoms with Gasteiger partial charge in [-0.15, -0.1) is 0 Å². The highest BCUT2D eigenvalue weighted by Gasteiger charge is 2.27. The number of allylic oxidation sites excluding steroid dienone is 1. The molecule has 0 saturated carbocycles. The topological polar surface area (TPSA) is 98.9 Å². The van der Waals surface area contributed by atoms with Gasteiger partial charge < -0.3 is 11.1 Å². The molecule has 0 fully saturated rings. The number of nitrogens with zero attached hydrogens (tertiary/aromatic N) is 3.